The summed E-state index contributed by atoms with van der Waals surface area (Å²) in [5.41, 5.74) is 0. The van der Waals surface area contributed by atoms with Crippen molar-refractivity contribution in [3.05, 3.63) is 12.2 Å². The number of unbranched alkanes of at least 4 members (excludes halogenated alkanes) is 3. The Morgan fingerprint density at radius 2 is 1.04 bits per heavy atom. The van der Waals surface area contributed by atoms with Gasteiger partial charge in [-0.05, 0) is 19.3 Å². The first kappa shape index (κ1) is 28.1. The number of aliphatic carboxylic acids is 2. The summed E-state index contributed by atoms with van der Waals surface area (Å²) in [6, 6.07) is 0. The molecule has 0 radical (unpaired) electrons. The molecule has 0 aliphatic carbocycles. The van der Waals surface area contributed by atoms with Crippen LogP contribution in [0.15, 0.2) is 12.2 Å². The number of nitrogens with zero attached hydrogens (tertiary/aromatic N) is 1. The van der Waals surface area contributed by atoms with Crippen molar-refractivity contribution in [2.45, 2.75) is 59.3 Å². The molecule has 23 heavy (non-hydrogen) atoms. The molecule has 0 unspecified atom stereocenters. The molecule has 0 bridgehead atoms. The number of rotatable bonds is 11. The van der Waals surface area contributed by atoms with E-state index in [-0.39, 0.29) is 51.4 Å². The zero-order chi connectivity index (χ0) is 17.4. The van der Waals surface area contributed by atoms with E-state index in [9.17, 15) is 9.59 Å². The van der Waals surface area contributed by atoms with E-state index in [2.05, 4.69) is 27.8 Å². The number of hydrogen-bond acceptors (Lipinski definition) is 2. The van der Waals surface area contributed by atoms with Crippen LogP contribution in [-0.4, -0.2) is 105 Å². The van der Waals surface area contributed by atoms with E-state index in [0.29, 0.717) is 12.2 Å². The van der Waals surface area contributed by atoms with Crippen LogP contribution in [0.5, 0.6) is 0 Å². The molecule has 0 heterocycles. The van der Waals surface area contributed by atoms with Crippen molar-refractivity contribution in [2.75, 3.05) is 26.7 Å². The van der Waals surface area contributed by atoms with Crippen molar-refractivity contribution in [2.24, 2.45) is 0 Å². The number of carbonyl (C=O) groups is 2. The Labute approximate surface area is 184 Å². The average molecular weight is 357 g/mol. The Kier molecular flexibility index (Phi) is 22.7. The zero-order valence-corrected chi connectivity index (χ0v) is 14.7. The third-order valence-corrected chi connectivity index (χ3v) is 3.52. The molecular formula is C17H35KNO4+. The third kappa shape index (κ3) is 22.3. The summed E-state index contributed by atoms with van der Waals surface area (Å²) in [4.78, 5) is 19.1. The molecule has 0 spiro atoms. The monoisotopic (exact) mass is 356 g/mol. The molecule has 0 aromatic heterocycles. The van der Waals surface area contributed by atoms with Gasteiger partial charge in [-0.2, -0.15) is 0 Å². The summed E-state index contributed by atoms with van der Waals surface area (Å²) in [6.45, 7) is 11.0. The molecule has 6 heteroatoms. The van der Waals surface area contributed by atoms with Crippen molar-refractivity contribution in [3.63, 3.8) is 0 Å². The van der Waals surface area contributed by atoms with Crippen molar-refractivity contribution in [1.29, 1.82) is 0 Å². The second kappa shape index (κ2) is 18.6. The molecule has 0 aliphatic heterocycles. The van der Waals surface area contributed by atoms with Gasteiger partial charge in [0, 0.05) is 12.2 Å². The van der Waals surface area contributed by atoms with Gasteiger partial charge in [0.25, 0.3) is 0 Å². The first-order chi connectivity index (χ1) is 10.3. The maximum atomic E-state index is 9.55. The van der Waals surface area contributed by atoms with E-state index in [1.54, 1.807) is 0 Å². The van der Waals surface area contributed by atoms with E-state index in [1.165, 1.54) is 62.6 Å². The van der Waals surface area contributed by atoms with Crippen molar-refractivity contribution >= 4 is 63.3 Å². The first-order valence-electron chi connectivity index (χ1n) is 8.28. The van der Waals surface area contributed by atoms with Gasteiger partial charge in [0.05, 0.1) is 26.7 Å². The summed E-state index contributed by atoms with van der Waals surface area (Å²) in [7, 11) is 2.45. The molecule has 0 aromatic carbocycles. The molecule has 2 N–H and O–H groups in total. The van der Waals surface area contributed by atoms with Crippen LogP contribution in [0.25, 0.3) is 0 Å². The predicted molar refractivity (Wildman–Crippen MR) is 97.1 cm³/mol. The van der Waals surface area contributed by atoms with Crippen molar-refractivity contribution in [3.8, 4) is 0 Å². The van der Waals surface area contributed by atoms with E-state index in [0.717, 1.165) is 0 Å². The minimum atomic E-state index is -1.26. The molecule has 0 aromatic rings. The topological polar surface area (TPSA) is 74.6 Å². The van der Waals surface area contributed by atoms with Crippen LogP contribution in [0, 0.1) is 0 Å². The second-order valence-electron chi connectivity index (χ2n) is 5.86. The van der Waals surface area contributed by atoms with Gasteiger partial charge in [-0.15, -0.1) is 0 Å². The number of carboxylic acid groups (broad SMARTS) is 2. The normalized spacial score (nSPS) is 10.6. The van der Waals surface area contributed by atoms with Crippen LogP contribution in [0.2, 0.25) is 0 Å². The standard InChI is InChI=1S/C13H30N.C4H4O4.K.H/c1-5-8-11-14(4,12-9-6-2)13-10-7-3;5-3(6)1-2-4(7)8;;/h5-13H2,1-4H3;1-2H,(H,5,6)(H,7,8);;/q+1;;;/b;2-1+;;. The molecule has 0 saturated heterocycles. The fourth-order valence-electron chi connectivity index (χ4n) is 2.10. The summed E-state index contributed by atoms with van der Waals surface area (Å²) < 4.78 is 1.32. The predicted octanol–water partition coefficient (Wildman–Crippen LogP) is 2.90. The molecular weight excluding hydrogens is 321 g/mol. The molecule has 5 nitrogen and oxygen atoms in total. The molecule has 0 fully saturated rings. The number of hydrogen-bond donors (Lipinski definition) is 2. The molecule has 0 aliphatic rings. The van der Waals surface area contributed by atoms with Crippen molar-refractivity contribution < 1.29 is 24.3 Å². The fraction of sp³-hybridized carbons (Fsp3) is 0.765. The number of carboxylic acids is 2. The van der Waals surface area contributed by atoms with Gasteiger partial charge in [0.1, 0.15) is 0 Å². The Morgan fingerprint density at radius 1 is 0.783 bits per heavy atom. The van der Waals surface area contributed by atoms with Gasteiger partial charge < -0.3 is 14.7 Å². The average Bonchev–Trinajstić information content (AvgIpc) is 2.48. The van der Waals surface area contributed by atoms with Crippen molar-refractivity contribution in [1.82, 2.24) is 0 Å². The fourth-order valence-corrected chi connectivity index (χ4v) is 2.10. The Bertz CT molecular complexity index is 295. The van der Waals surface area contributed by atoms with Crippen LogP contribution in [0.1, 0.15) is 59.3 Å². The minimum absolute atomic E-state index is 0. The Morgan fingerprint density at radius 3 is 1.22 bits per heavy atom. The van der Waals surface area contributed by atoms with Gasteiger partial charge in [-0.3, -0.25) is 0 Å². The first-order valence-corrected chi connectivity index (χ1v) is 8.28. The van der Waals surface area contributed by atoms with Gasteiger partial charge in [0.15, 0.2) is 0 Å². The quantitative estimate of drug-likeness (QED) is 0.339. The number of quaternary nitrogens is 1. The molecule has 0 rings (SSSR count). The van der Waals surface area contributed by atoms with E-state index >= 15 is 0 Å². The maximum absolute atomic E-state index is 9.55. The van der Waals surface area contributed by atoms with Gasteiger partial charge in [-0.25, -0.2) is 9.59 Å². The van der Waals surface area contributed by atoms with Crippen LogP contribution >= 0.6 is 0 Å². The van der Waals surface area contributed by atoms with Crippen LogP contribution < -0.4 is 0 Å². The summed E-state index contributed by atoms with van der Waals surface area (Å²) in [5.74, 6) is -2.51. The SMILES string of the molecule is CCCC[N+](C)(CCCC)CCCC.O=C(O)/C=C/C(=O)O.[KH]. The van der Waals surface area contributed by atoms with Crippen LogP contribution in [-0.2, 0) is 9.59 Å². The summed E-state index contributed by atoms with van der Waals surface area (Å²) in [6.07, 6.45) is 9.31. The Hall–Kier alpha value is 0.276. The van der Waals surface area contributed by atoms with Gasteiger partial charge in [0.2, 0.25) is 0 Å². The summed E-state index contributed by atoms with van der Waals surface area (Å²) in [5, 5.41) is 15.6. The van der Waals surface area contributed by atoms with E-state index < -0.39 is 11.9 Å². The van der Waals surface area contributed by atoms with Gasteiger partial charge in [-0.1, -0.05) is 40.0 Å². The van der Waals surface area contributed by atoms with Crippen LogP contribution in [0.4, 0.5) is 0 Å². The van der Waals surface area contributed by atoms with Crippen LogP contribution in [0.3, 0.4) is 0 Å². The van der Waals surface area contributed by atoms with E-state index in [1.807, 2.05) is 0 Å². The second-order valence-corrected chi connectivity index (χ2v) is 5.86. The molecule has 0 atom stereocenters. The van der Waals surface area contributed by atoms with Gasteiger partial charge >= 0.3 is 63.3 Å². The Balaban J connectivity index is -0.000000382. The van der Waals surface area contributed by atoms with E-state index in [4.69, 9.17) is 10.2 Å². The third-order valence-electron chi connectivity index (χ3n) is 3.52. The summed E-state index contributed by atoms with van der Waals surface area (Å²) >= 11 is 0. The molecule has 0 amide bonds. The molecule has 0 saturated carbocycles. The zero-order valence-electron chi connectivity index (χ0n) is 14.7. The molecule has 132 valence electrons.